The number of nitrogens with one attached hydrogen (secondary N) is 1. The van der Waals surface area contributed by atoms with Gasteiger partial charge in [0.2, 0.25) is 5.91 Å². The molecule has 3 aromatic rings. The van der Waals surface area contributed by atoms with E-state index >= 15 is 0 Å². The van der Waals surface area contributed by atoms with Crippen molar-refractivity contribution in [1.29, 1.82) is 0 Å². The maximum absolute atomic E-state index is 13.4. The van der Waals surface area contributed by atoms with Crippen LogP contribution in [0.25, 0.3) is 22.4 Å². The van der Waals surface area contributed by atoms with Crippen molar-refractivity contribution in [2.45, 2.75) is 73.5 Å². The number of carbonyl (C=O) groups is 2. The molecule has 1 amide bonds. The molecule has 1 N–H and O–H groups in total. The fraction of sp³-hybridized carbons (Fsp3) is 0.548. The molecule has 1 aromatic carbocycles. The molecule has 216 valence electrons. The largest absolute Gasteiger partial charge is 0.371 e. The Morgan fingerprint density at radius 1 is 1.20 bits per heavy atom. The maximum atomic E-state index is 13.4. The number of anilines is 1. The number of ketones is 1. The maximum Gasteiger partial charge on any atom is 0.216 e. The number of fused-ring (bicyclic) bond motifs is 1. The Morgan fingerprint density at radius 2 is 1.95 bits per heavy atom. The van der Waals surface area contributed by atoms with Crippen molar-refractivity contribution in [3.05, 3.63) is 42.2 Å². The first-order valence-corrected chi connectivity index (χ1v) is 17.9. The Balaban J connectivity index is 1.62. The molecule has 0 radical (unpaired) electrons. The van der Waals surface area contributed by atoms with Crippen molar-refractivity contribution in [2.75, 3.05) is 31.1 Å². The lowest BCUT2D eigenvalue weighted by molar-refractivity contribution is -0.119. The Bertz CT molecular complexity index is 1390. The van der Waals surface area contributed by atoms with Crippen molar-refractivity contribution in [3.8, 4) is 11.3 Å². The van der Waals surface area contributed by atoms with Crippen LogP contribution in [0.2, 0.25) is 25.7 Å². The van der Waals surface area contributed by atoms with E-state index in [9.17, 15) is 9.59 Å². The molecule has 2 aromatic heterocycles. The summed E-state index contributed by atoms with van der Waals surface area (Å²) in [6.45, 7) is 20.1. The summed E-state index contributed by atoms with van der Waals surface area (Å²) >= 11 is 0. The first-order chi connectivity index (χ1) is 18.7. The molecule has 1 aliphatic rings. The second kappa shape index (κ2) is 11.4. The molecule has 1 fully saturated rings. The molecule has 4 rings (SSSR count). The smallest absolute Gasteiger partial charge is 0.216 e. The van der Waals surface area contributed by atoms with Gasteiger partial charge < -0.3 is 19.5 Å². The quantitative estimate of drug-likeness (QED) is 0.185. The number of carbonyl (C=O) groups excluding carboxylic acids is 2. The Morgan fingerprint density at radius 3 is 2.62 bits per heavy atom. The molecule has 0 bridgehead atoms. The number of hydrogen-bond acceptors (Lipinski definition) is 6. The van der Waals surface area contributed by atoms with Gasteiger partial charge in [-0.1, -0.05) is 59.5 Å². The zero-order valence-electron chi connectivity index (χ0n) is 25.4. The molecule has 3 heterocycles. The van der Waals surface area contributed by atoms with Crippen LogP contribution in [0.15, 0.2) is 36.7 Å². The van der Waals surface area contributed by atoms with Crippen LogP contribution in [0.4, 0.5) is 5.69 Å². The summed E-state index contributed by atoms with van der Waals surface area (Å²) in [7, 11) is -1.20. The average molecular weight is 564 g/mol. The fourth-order valence-electron chi connectivity index (χ4n) is 4.99. The van der Waals surface area contributed by atoms with E-state index in [4.69, 9.17) is 14.7 Å². The van der Waals surface area contributed by atoms with Crippen LogP contribution in [0.1, 0.15) is 51.4 Å². The Labute approximate surface area is 239 Å². The van der Waals surface area contributed by atoms with E-state index in [0.29, 0.717) is 36.6 Å². The molecule has 1 saturated heterocycles. The summed E-state index contributed by atoms with van der Waals surface area (Å²) in [6, 6.07) is 9.41. The first-order valence-electron chi connectivity index (χ1n) is 14.2. The van der Waals surface area contributed by atoms with Gasteiger partial charge in [-0.3, -0.25) is 9.59 Å². The number of rotatable bonds is 10. The summed E-state index contributed by atoms with van der Waals surface area (Å²) in [4.78, 5) is 37.0. The standard InChI is InChI=1S/C31H45N5O3Si/c1-22(37)33-19-31(5)12-13-35(20-31)24-11-9-10-23(16-24)26-17-32-29-27(34-26)25(28(38)30(2,3)4)18-36(29)21-39-14-15-40(6,7)8/h9-11,16-18H,12-15,19-21H2,1-8H3,(H,33,37). The molecule has 1 aliphatic heterocycles. The van der Waals surface area contributed by atoms with Crippen LogP contribution >= 0.6 is 0 Å². The van der Waals surface area contributed by atoms with E-state index in [0.717, 1.165) is 42.5 Å². The highest BCUT2D eigenvalue weighted by Gasteiger charge is 2.34. The van der Waals surface area contributed by atoms with E-state index in [2.05, 4.69) is 48.9 Å². The Hall–Kier alpha value is -3.04. The number of hydrogen-bond donors (Lipinski definition) is 1. The topological polar surface area (TPSA) is 89.4 Å². The summed E-state index contributed by atoms with van der Waals surface area (Å²) < 4.78 is 7.92. The monoisotopic (exact) mass is 563 g/mol. The van der Waals surface area contributed by atoms with Gasteiger partial charge in [0.05, 0.1) is 17.5 Å². The van der Waals surface area contributed by atoms with Gasteiger partial charge >= 0.3 is 0 Å². The van der Waals surface area contributed by atoms with Crippen LogP contribution in [0, 0.1) is 10.8 Å². The lowest BCUT2D eigenvalue weighted by Gasteiger charge is -2.26. The number of amides is 1. The van der Waals surface area contributed by atoms with E-state index in [1.165, 1.54) is 0 Å². The fourth-order valence-corrected chi connectivity index (χ4v) is 5.75. The molecular formula is C31H45N5O3Si. The van der Waals surface area contributed by atoms with E-state index in [1.807, 2.05) is 43.7 Å². The number of nitrogens with zero attached hydrogens (tertiary/aromatic N) is 4. The average Bonchev–Trinajstić information content (AvgIpc) is 3.45. The third-order valence-corrected chi connectivity index (χ3v) is 9.25. The van der Waals surface area contributed by atoms with Crippen LogP contribution in [0.3, 0.4) is 0 Å². The third kappa shape index (κ3) is 7.17. The normalized spacial score (nSPS) is 17.9. The van der Waals surface area contributed by atoms with Crippen molar-refractivity contribution in [2.24, 2.45) is 10.8 Å². The van der Waals surface area contributed by atoms with Crippen LogP contribution in [0.5, 0.6) is 0 Å². The molecule has 9 heteroatoms. The van der Waals surface area contributed by atoms with Crippen molar-refractivity contribution >= 4 is 36.6 Å². The van der Waals surface area contributed by atoms with Gasteiger partial charge in [-0.2, -0.15) is 0 Å². The Kier molecular flexibility index (Phi) is 8.56. The zero-order chi connectivity index (χ0) is 29.3. The summed E-state index contributed by atoms with van der Waals surface area (Å²) in [5.41, 5.74) is 4.14. The van der Waals surface area contributed by atoms with E-state index in [1.54, 1.807) is 13.1 Å². The van der Waals surface area contributed by atoms with Gasteiger partial charge in [0, 0.05) is 69.5 Å². The number of benzene rings is 1. The van der Waals surface area contributed by atoms with Crippen LogP contribution < -0.4 is 10.2 Å². The van der Waals surface area contributed by atoms with Crippen LogP contribution in [-0.4, -0.2) is 60.5 Å². The molecule has 8 nitrogen and oxygen atoms in total. The molecule has 40 heavy (non-hydrogen) atoms. The van der Waals surface area contributed by atoms with Gasteiger partial charge in [0.25, 0.3) is 0 Å². The molecule has 0 spiro atoms. The highest BCUT2D eigenvalue weighted by molar-refractivity contribution is 6.76. The minimum Gasteiger partial charge on any atom is -0.371 e. The zero-order valence-corrected chi connectivity index (χ0v) is 26.4. The van der Waals surface area contributed by atoms with Crippen molar-refractivity contribution in [1.82, 2.24) is 19.9 Å². The van der Waals surface area contributed by atoms with Gasteiger partial charge in [0.1, 0.15) is 12.2 Å². The number of Topliss-reactive ketones (excluding diaryl/α,β-unsaturated/α-hetero) is 1. The molecule has 0 saturated carbocycles. The predicted octanol–water partition coefficient (Wildman–Crippen LogP) is 5.99. The van der Waals surface area contributed by atoms with E-state index < -0.39 is 13.5 Å². The predicted molar refractivity (Wildman–Crippen MR) is 164 cm³/mol. The third-order valence-electron chi connectivity index (χ3n) is 7.55. The number of ether oxygens (including phenoxy) is 1. The lowest BCUT2D eigenvalue weighted by atomic mass is 9.87. The van der Waals surface area contributed by atoms with Crippen molar-refractivity contribution < 1.29 is 14.3 Å². The second-order valence-corrected chi connectivity index (χ2v) is 19.4. The lowest BCUT2D eigenvalue weighted by Crippen LogP contribution is -2.36. The summed E-state index contributed by atoms with van der Waals surface area (Å²) in [5, 5.41) is 2.98. The molecular weight excluding hydrogens is 518 g/mol. The highest BCUT2D eigenvalue weighted by Crippen LogP contribution is 2.35. The minimum absolute atomic E-state index is 0.00640. The van der Waals surface area contributed by atoms with Gasteiger partial charge in [-0.15, -0.1) is 0 Å². The number of aromatic nitrogens is 3. The summed E-state index contributed by atoms with van der Waals surface area (Å²) in [6.07, 6.45) is 4.65. The first kappa shape index (κ1) is 29.9. The molecule has 0 aliphatic carbocycles. The molecule has 1 unspecified atom stereocenters. The SMILES string of the molecule is CC(=O)NCC1(C)CCN(c2cccc(-c3cnc4c(n3)c(C(=O)C(C)(C)C)cn4COCC[Si](C)(C)C)c2)C1. The highest BCUT2D eigenvalue weighted by atomic mass is 28.3. The van der Waals surface area contributed by atoms with Gasteiger partial charge in [-0.05, 0) is 24.6 Å². The van der Waals surface area contributed by atoms with Crippen molar-refractivity contribution in [3.63, 3.8) is 0 Å². The van der Waals surface area contributed by atoms with Gasteiger partial charge in [0.15, 0.2) is 11.4 Å². The molecule has 1 atom stereocenters. The van der Waals surface area contributed by atoms with E-state index in [-0.39, 0.29) is 17.1 Å². The van der Waals surface area contributed by atoms with Crippen LogP contribution in [-0.2, 0) is 16.3 Å². The van der Waals surface area contributed by atoms with Gasteiger partial charge in [-0.25, -0.2) is 9.97 Å². The minimum atomic E-state index is -1.20. The summed E-state index contributed by atoms with van der Waals surface area (Å²) in [5.74, 6) is 0.0426. The second-order valence-electron chi connectivity index (χ2n) is 13.8.